The maximum absolute atomic E-state index is 12.8. The number of rotatable bonds is 4. The van der Waals surface area contributed by atoms with E-state index in [0.717, 1.165) is 32.1 Å². The van der Waals surface area contributed by atoms with E-state index in [1.54, 1.807) is 4.90 Å². The van der Waals surface area contributed by atoms with E-state index in [4.69, 9.17) is 5.73 Å². The number of nitrogens with zero attached hydrogens (tertiary/aromatic N) is 1. The summed E-state index contributed by atoms with van der Waals surface area (Å²) >= 11 is 0. The lowest BCUT2D eigenvalue weighted by Crippen LogP contribution is -2.55. The van der Waals surface area contributed by atoms with E-state index < -0.39 is 12.2 Å². The molecule has 1 saturated heterocycles. The highest BCUT2D eigenvalue weighted by atomic mass is 19.4. The van der Waals surface area contributed by atoms with Gasteiger partial charge in [0, 0.05) is 12.6 Å². The molecule has 1 rings (SSSR count). The maximum atomic E-state index is 12.8. The topological polar surface area (TPSA) is 29.3 Å². The highest BCUT2D eigenvalue weighted by Gasteiger charge is 2.44. The Morgan fingerprint density at radius 2 is 2.06 bits per heavy atom. The largest absolute Gasteiger partial charge is 0.405 e. The van der Waals surface area contributed by atoms with Gasteiger partial charge in [-0.2, -0.15) is 13.2 Å². The Morgan fingerprint density at radius 3 is 2.56 bits per heavy atom. The zero-order chi connectivity index (χ0) is 12.2. The number of nitrogens with two attached hydrogens (primary N) is 1. The van der Waals surface area contributed by atoms with Crippen molar-refractivity contribution in [3.05, 3.63) is 0 Å². The highest BCUT2D eigenvalue weighted by molar-refractivity contribution is 4.87. The first-order valence-corrected chi connectivity index (χ1v) is 6.03. The smallest absolute Gasteiger partial charge is 0.329 e. The van der Waals surface area contributed by atoms with Crippen LogP contribution < -0.4 is 5.73 Å². The lowest BCUT2D eigenvalue weighted by atomic mass is 9.96. The average molecular weight is 238 g/mol. The van der Waals surface area contributed by atoms with Crippen molar-refractivity contribution in [1.82, 2.24) is 4.90 Å². The molecule has 2 N–H and O–H groups in total. The van der Waals surface area contributed by atoms with E-state index in [2.05, 4.69) is 0 Å². The third kappa shape index (κ3) is 3.35. The first-order valence-electron chi connectivity index (χ1n) is 6.03. The Kier molecular flexibility index (Phi) is 5.05. The van der Waals surface area contributed by atoms with Gasteiger partial charge in [-0.15, -0.1) is 0 Å². The molecule has 0 bridgehead atoms. The quantitative estimate of drug-likeness (QED) is 0.815. The van der Waals surface area contributed by atoms with Crippen molar-refractivity contribution in [3.8, 4) is 0 Å². The average Bonchev–Trinajstić information content (AvgIpc) is 2.20. The third-order valence-corrected chi connectivity index (χ3v) is 3.30. The third-order valence-electron chi connectivity index (χ3n) is 3.30. The molecule has 5 heteroatoms. The minimum absolute atomic E-state index is 0.0638. The molecule has 2 unspecified atom stereocenters. The van der Waals surface area contributed by atoms with Gasteiger partial charge in [0.1, 0.15) is 6.04 Å². The van der Waals surface area contributed by atoms with E-state index in [9.17, 15) is 13.2 Å². The summed E-state index contributed by atoms with van der Waals surface area (Å²) in [6, 6.07) is -1.39. The number of hydrogen-bond acceptors (Lipinski definition) is 2. The fraction of sp³-hybridized carbons (Fsp3) is 1.00. The minimum atomic E-state index is -4.20. The summed E-state index contributed by atoms with van der Waals surface area (Å²) in [5.41, 5.74) is 5.29. The number of alkyl halides is 3. The Balaban J connectivity index is 2.71. The molecule has 2 atom stereocenters. The number of piperidine rings is 1. The summed E-state index contributed by atoms with van der Waals surface area (Å²) < 4.78 is 38.4. The number of likely N-dealkylation sites (tertiary alicyclic amines) is 1. The normalized spacial score (nSPS) is 25.7. The summed E-state index contributed by atoms with van der Waals surface area (Å²) in [5, 5.41) is 0. The Labute approximate surface area is 95.0 Å². The van der Waals surface area contributed by atoms with E-state index in [-0.39, 0.29) is 12.6 Å². The van der Waals surface area contributed by atoms with Crippen LogP contribution in [0.3, 0.4) is 0 Å². The first kappa shape index (κ1) is 13.8. The molecule has 1 heterocycles. The van der Waals surface area contributed by atoms with Crippen molar-refractivity contribution >= 4 is 0 Å². The van der Waals surface area contributed by atoms with Gasteiger partial charge >= 0.3 is 6.18 Å². The van der Waals surface area contributed by atoms with Crippen molar-refractivity contribution in [3.63, 3.8) is 0 Å². The van der Waals surface area contributed by atoms with E-state index in [1.165, 1.54) is 0 Å². The van der Waals surface area contributed by atoms with Crippen LogP contribution in [0.5, 0.6) is 0 Å². The summed E-state index contributed by atoms with van der Waals surface area (Å²) in [4.78, 5) is 1.58. The predicted octanol–water partition coefficient (Wildman–Crippen LogP) is 2.53. The standard InChI is InChI=1S/C11H21F3N2/c1-2-5-9-6-3-4-7-16(9)10(8-15)11(12,13)14/h9-10H,2-8,15H2,1H3. The Bertz CT molecular complexity index is 204. The SMILES string of the molecule is CCCC1CCCCN1C(CN)C(F)(F)F. The molecule has 0 saturated carbocycles. The molecule has 0 aromatic heterocycles. The van der Waals surface area contributed by atoms with Crippen LogP contribution in [0.1, 0.15) is 39.0 Å². The van der Waals surface area contributed by atoms with Gasteiger partial charge < -0.3 is 5.73 Å². The van der Waals surface area contributed by atoms with Crippen molar-refractivity contribution in [2.24, 2.45) is 5.73 Å². The molecule has 0 amide bonds. The van der Waals surface area contributed by atoms with E-state index in [0.29, 0.717) is 6.54 Å². The van der Waals surface area contributed by atoms with Crippen molar-refractivity contribution in [2.45, 2.75) is 57.3 Å². The Morgan fingerprint density at radius 1 is 1.38 bits per heavy atom. The van der Waals surface area contributed by atoms with Gasteiger partial charge in [-0.1, -0.05) is 19.8 Å². The lowest BCUT2D eigenvalue weighted by molar-refractivity contribution is -0.190. The first-order chi connectivity index (χ1) is 7.50. The second-order valence-corrected chi connectivity index (χ2v) is 4.47. The molecule has 0 spiro atoms. The highest BCUT2D eigenvalue weighted by Crippen LogP contribution is 2.30. The number of hydrogen-bond donors (Lipinski definition) is 1. The lowest BCUT2D eigenvalue weighted by Gasteiger charge is -2.41. The fourth-order valence-electron chi connectivity index (χ4n) is 2.53. The van der Waals surface area contributed by atoms with Gasteiger partial charge in [-0.3, -0.25) is 4.90 Å². The van der Waals surface area contributed by atoms with Gasteiger partial charge in [0.25, 0.3) is 0 Å². The van der Waals surface area contributed by atoms with Crippen LogP contribution in [-0.2, 0) is 0 Å². The van der Waals surface area contributed by atoms with Gasteiger partial charge in [-0.25, -0.2) is 0 Å². The molecule has 1 fully saturated rings. The summed E-state index contributed by atoms with van der Waals surface area (Å²) in [5.74, 6) is 0. The molecule has 0 aliphatic carbocycles. The van der Waals surface area contributed by atoms with Gasteiger partial charge in [-0.05, 0) is 25.8 Å². The molecule has 16 heavy (non-hydrogen) atoms. The van der Waals surface area contributed by atoms with Crippen LogP contribution in [0, 0.1) is 0 Å². The van der Waals surface area contributed by atoms with E-state index >= 15 is 0 Å². The van der Waals surface area contributed by atoms with E-state index in [1.807, 2.05) is 6.92 Å². The molecular formula is C11H21F3N2. The zero-order valence-corrected chi connectivity index (χ0v) is 9.76. The molecule has 96 valence electrons. The molecule has 0 aromatic carbocycles. The molecule has 2 nitrogen and oxygen atoms in total. The van der Waals surface area contributed by atoms with Crippen LogP contribution in [0.15, 0.2) is 0 Å². The van der Waals surface area contributed by atoms with Crippen molar-refractivity contribution in [1.29, 1.82) is 0 Å². The second kappa shape index (κ2) is 5.87. The fourth-order valence-corrected chi connectivity index (χ4v) is 2.53. The van der Waals surface area contributed by atoms with Gasteiger partial charge in [0.15, 0.2) is 0 Å². The maximum Gasteiger partial charge on any atom is 0.405 e. The van der Waals surface area contributed by atoms with Crippen LogP contribution in [0.4, 0.5) is 13.2 Å². The summed E-state index contributed by atoms with van der Waals surface area (Å²) in [7, 11) is 0. The molecular weight excluding hydrogens is 217 g/mol. The van der Waals surface area contributed by atoms with Crippen molar-refractivity contribution in [2.75, 3.05) is 13.1 Å². The molecule has 0 aromatic rings. The summed E-state index contributed by atoms with van der Waals surface area (Å²) in [6.07, 6.45) is 0.338. The second-order valence-electron chi connectivity index (χ2n) is 4.47. The van der Waals surface area contributed by atoms with Crippen LogP contribution in [-0.4, -0.2) is 36.2 Å². The van der Waals surface area contributed by atoms with Gasteiger partial charge in [0.05, 0.1) is 0 Å². The zero-order valence-electron chi connectivity index (χ0n) is 9.76. The van der Waals surface area contributed by atoms with Gasteiger partial charge in [0.2, 0.25) is 0 Å². The Hall–Kier alpha value is -0.290. The van der Waals surface area contributed by atoms with Crippen LogP contribution in [0.2, 0.25) is 0 Å². The predicted molar refractivity (Wildman–Crippen MR) is 58.2 cm³/mol. The van der Waals surface area contributed by atoms with Crippen LogP contribution in [0.25, 0.3) is 0 Å². The molecule has 0 radical (unpaired) electrons. The summed E-state index contributed by atoms with van der Waals surface area (Å²) in [6.45, 7) is 2.22. The monoisotopic (exact) mass is 238 g/mol. The van der Waals surface area contributed by atoms with Crippen LogP contribution >= 0.6 is 0 Å². The van der Waals surface area contributed by atoms with Crippen molar-refractivity contribution < 1.29 is 13.2 Å². The minimum Gasteiger partial charge on any atom is -0.329 e. The molecule has 1 aliphatic rings. The number of halogens is 3. The molecule has 1 aliphatic heterocycles.